The van der Waals surface area contributed by atoms with Gasteiger partial charge < -0.3 is 20.2 Å². The highest BCUT2D eigenvalue weighted by Crippen LogP contribution is 2.37. The highest BCUT2D eigenvalue weighted by molar-refractivity contribution is 6.00. The van der Waals surface area contributed by atoms with E-state index >= 15 is 0 Å². The molecule has 0 unspecified atom stereocenters. The molecular formula is C26H37FN4O. The number of amides is 1. The van der Waals surface area contributed by atoms with Gasteiger partial charge in [0.25, 0.3) is 0 Å². The van der Waals surface area contributed by atoms with Crippen molar-refractivity contribution in [3.05, 3.63) is 35.3 Å². The fourth-order valence-corrected chi connectivity index (χ4v) is 5.97. The lowest BCUT2D eigenvalue weighted by Gasteiger charge is -2.42. The van der Waals surface area contributed by atoms with Gasteiger partial charge in [-0.15, -0.1) is 0 Å². The van der Waals surface area contributed by atoms with Crippen LogP contribution < -0.4 is 5.32 Å². The zero-order valence-corrected chi connectivity index (χ0v) is 19.7. The Kier molecular flexibility index (Phi) is 6.99. The fourth-order valence-electron chi connectivity index (χ4n) is 5.97. The number of benzene rings is 1. The van der Waals surface area contributed by atoms with Crippen LogP contribution in [0.25, 0.3) is 10.9 Å². The number of piperidine rings is 1. The van der Waals surface area contributed by atoms with Crippen LogP contribution in [-0.2, 0) is 11.3 Å². The van der Waals surface area contributed by atoms with Gasteiger partial charge in [0.1, 0.15) is 5.82 Å². The van der Waals surface area contributed by atoms with Crippen molar-refractivity contribution >= 4 is 23.0 Å². The lowest BCUT2D eigenvalue weighted by Crippen LogP contribution is -2.44. The van der Waals surface area contributed by atoms with Crippen LogP contribution in [0.5, 0.6) is 0 Å². The molecule has 6 heteroatoms. The Balaban J connectivity index is 1.54. The van der Waals surface area contributed by atoms with Crippen molar-refractivity contribution in [1.29, 1.82) is 5.41 Å². The van der Waals surface area contributed by atoms with E-state index in [0.717, 1.165) is 54.4 Å². The smallest absolute Gasteiger partial charge is 0.217 e. The second-order valence-corrected chi connectivity index (χ2v) is 10.0. The van der Waals surface area contributed by atoms with Gasteiger partial charge in [-0.2, -0.15) is 0 Å². The predicted octanol–water partition coefficient (Wildman–Crippen LogP) is 5.27. The van der Waals surface area contributed by atoms with E-state index < -0.39 is 0 Å². The van der Waals surface area contributed by atoms with E-state index in [0.29, 0.717) is 24.2 Å². The standard InChI is InChI=1S/C26H37FN4O/c1-17(2)19-4-7-21(8-5-19)30-12-10-22(11-13-30)31-25-9-6-20(27)14-23(25)24(15-28)26(31)16-29-18(3)32/h6,9,14-15,17,19,21-22,28H,4-5,7-8,10-13,16H2,1-3H3,(H,29,32). The van der Waals surface area contributed by atoms with Crippen LogP contribution in [0.2, 0.25) is 0 Å². The summed E-state index contributed by atoms with van der Waals surface area (Å²) in [4.78, 5) is 14.3. The van der Waals surface area contributed by atoms with Crippen molar-refractivity contribution in [3.63, 3.8) is 0 Å². The third-order valence-electron chi connectivity index (χ3n) is 7.82. The first kappa shape index (κ1) is 23.0. The number of nitrogens with zero attached hydrogens (tertiary/aromatic N) is 2. The second-order valence-electron chi connectivity index (χ2n) is 10.0. The molecule has 0 spiro atoms. The molecular weight excluding hydrogens is 403 g/mol. The van der Waals surface area contributed by atoms with E-state index in [4.69, 9.17) is 5.41 Å². The highest BCUT2D eigenvalue weighted by atomic mass is 19.1. The van der Waals surface area contributed by atoms with Gasteiger partial charge >= 0.3 is 0 Å². The van der Waals surface area contributed by atoms with Gasteiger partial charge in [-0.3, -0.25) is 4.79 Å². The Morgan fingerprint density at radius 1 is 1.16 bits per heavy atom. The number of likely N-dealkylation sites (tertiary alicyclic amines) is 1. The summed E-state index contributed by atoms with van der Waals surface area (Å²) in [7, 11) is 0. The molecule has 0 radical (unpaired) electrons. The zero-order chi connectivity index (χ0) is 22.8. The van der Waals surface area contributed by atoms with Gasteiger partial charge in [-0.05, 0) is 68.6 Å². The van der Waals surface area contributed by atoms with Crippen LogP contribution in [0.15, 0.2) is 18.2 Å². The van der Waals surface area contributed by atoms with E-state index in [1.54, 1.807) is 0 Å². The quantitative estimate of drug-likeness (QED) is 0.602. The number of aromatic nitrogens is 1. The largest absolute Gasteiger partial charge is 0.351 e. The first-order valence-electron chi connectivity index (χ1n) is 12.2. The van der Waals surface area contributed by atoms with Crippen LogP contribution >= 0.6 is 0 Å². The maximum absolute atomic E-state index is 14.0. The molecule has 2 aliphatic rings. The van der Waals surface area contributed by atoms with Crippen LogP contribution in [0.1, 0.15) is 76.6 Å². The van der Waals surface area contributed by atoms with Crippen molar-refractivity contribution in [2.75, 3.05) is 13.1 Å². The van der Waals surface area contributed by atoms with Gasteiger partial charge in [-0.25, -0.2) is 4.39 Å². The molecule has 1 saturated heterocycles. The van der Waals surface area contributed by atoms with Gasteiger partial charge in [-0.1, -0.05) is 13.8 Å². The summed E-state index contributed by atoms with van der Waals surface area (Å²) >= 11 is 0. The Labute approximate surface area is 190 Å². The number of hydrogen-bond donors (Lipinski definition) is 2. The summed E-state index contributed by atoms with van der Waals surface area (Å²) in [6.07, 6.45) is 8.69. The van der Waals surface area contributed by atoms with Crippen molar-refractivity contribution in [2.24, 2.45) is 11.8 Å². The average Bonchev–Trinajstić information content (AvgIpc) is 3.10. The Bertz CT molecular complexity index is 966. The maximum Gasteiger partial charge on any atom is 0.217 e. The zero-order valence-electron chi connectivity index (χ0n) is 19.7. The molecule has 2 heterocycles. The van der Waals surface area contributed by atoms with Crippen molar-refractivity contribution < 1.29 is 9.18 Å². The van der Waals surface area contributed by atoms with Crippen molar-refractivity contribution in [1.82, 2.24) is 14.8 Å². The lowest BCUT2D eigenvalue weighted by atomic mass is 9.79. The molecule has 0 atom stereocenters. The summed E-state index contributed by atoms with van der Waals surface area (Å²) in [6, 6.07) is 5.85. The number of carbonyl (C=O) groups is 1. The Morgan fingerprint density at radius 2 is 1.84 bits per heavy atom. The molecule has 2 fully saturated rings. The van der Waals surface area contributed by atoms with E-state index in [-0.39, 0.29) is 11.7 Å². The van der Waals surface area contributed by atoms with Gasteiger partial charge in [0.2, 0.25) is 5.91 Å². The first-order valence-corrected chi connectivity index (χ1v) is 12.2. The Morgan fingerprint density at radius 3 is 2.44 bits per heavy atom. The average molecular weight is 441 g/mol. The minimum Gasteiger partial charge on any atom is -0.351 e. The summed E-state index contributed by atoms with van der Waals surface area (Å²) in [6.45, 7) is 8.71. The van der Waals surface area contributed by atoms with Crippen molar-refractivity contribution in [2.45, 2.75) is 77.9 Å². The summed E-state index contributed by atoms with van der Waals surface area (Å²) < 4.78 is 16.3. The number of fused-ring (bicyclic) bond motifs is 1. The molecule has 1 aliphatic heterocycles. The van der Waals surface area contributed by atoms with Gasteiger partial charge in [0.15, 0.2) is 0 Å². The molecule has 1 amide bonds. The number of nitrogens with one attached hydrogen (secondary N) is 2. The maximum atomic E-state index is 14.0. The summed E-state index contributed by atoms with van der Waals surface area (Å²) in [5.41, 5.74) is 2.58. The topological polar surface area (TPSA) is 61.1 Å². The minimum absolute atomic E-state index is 0.101. The van der Waals surface area contributed by atoms with Crippen LogP contribution in [0.3, 0.4) is 0 Å². The molecule has 4 rings (SSSR count). The molecule has 2 aromatic rings. The summed E-state index contributed by atoms with van der Waals surface area (Å²) in [5, 5.41) is 11.6. The molecule has 174 valence electrons. The molecule has 5 nitrogen and oxygen atoms in total. The molecule has 2 N–H and O–H groups in total. The normalized spacial score (nSPS) is 23.0. The monoisotopic (exact) mass is 440 g/mol. The van der Waals surface area contributed by atoms with E-state index in [1.807, 2.05) is 6.07 Å². The van der Waals surface area contributed by atoms with E-state index in [1.165, 1.54) is 51.0 Å². The number of hydrogen-bond acceptors (Lipinski definition) is 3. The molecule has 1 aromatic heterocycles. The SMILES string of the molecule is CC(=O)NCc1c(C=N)c2cc(F)ccc2n1C1CCN(C2CCC(C(C)C)CC2)CC1. The van der Waals surface area contributed by atoms with E-state index in [9.17, 15) is 9.18 Å². The molecule has 1 saturated carbocycles. The minimum atomic E-state index is -0.296. The molecule has 1 aromatic carbocycles. The van der Waals surface area contributed by atoms with Gasteiger partial charge in [0.05, 0.1) is 6.54 Å². The van der Waals surface area contributed by atoms with Crippen LogP contribution in [0.4, 0.5) is 4.39 Å². The summed E-state index contributed by atoms with van der Waals surface area (Å²) in [5.74, 6) is 1.27. The first-order chi connectivity index (χ1) is 15.4. The molecule has 32 heavy (non-hydrogen) atoms. The van der Waals surface area contributed by atoms with Crippen molar-refractivity contribution in [3.8, 4) is 0 Å². The lowest BCUT2D eigenvalue weighted by molar-refractivity contribution is -0.119. The second kappa shape index (κ2) is 9.74. The number of halogens is 1. The Hall–Kier alpha value is -2.21. The number of rotatable bonds is 6. The third kappa shape index (κ3) is 4.61. The fraction of sp³-hybridized carbons (Fsp3) is 0.615. The number of carbonyl (C=O) groups excluding carboxylic acids is 1. The van der Waals surface area contributed by atoms with Crippen LogP contribution in [0, 0.1) is 23.1 Å². The van der Waals surface area contributed by atoms with Gasteiger partial charge in [0, 0.05) is 60.5 Å². The molecule has 1 aliphatic carbocycles. The molecule has 0 bridgehead atoms. The predicted molar refractivity (Wildman–Crippen MR) is 128 cm³/mol. The van der Waals surface area contributed by atoms with Crippen LogP contribution in [-0.4, -0.2) is 40.7 Å². The highest BCUT2D eigenvalue weighted by Gasteiger charge is 2.31. The third-order valence-corrected chi connectivity index (χ3v) is 7.82. The van der Waals surface area contributed by atoms with E-state index in [2.05, 4.69) is 28.6 Å².